The van der Waals surface area contributed by atoms with Crippen LogP contribution in [0, 0.1) is 22.0 Å². The maximum Gasteiger partial charge on any atom is 0.273 e. The van der Waals surface area contributed by atoms with Gasteiger partial charge in [0.25, 0.3) is 5.69 Å². The Hall–Kier alpha value is -2.73. The summed E-state index contributed by atoms with van der Waals surface area (Å²) in [7, 11) is 0. The standard InChI is InChI=1S/C25H31N3O3/c29-25(27-15-12-21(13-16-27)17-20-7-2-1-3-8-20)23-10-6-14-26(19-23)18-22-9-4-5-11-24(22)28(30)31/h1-5,7-9,11,21,23H,6,10,12-19H2. The Morgan fingerprint density at radius 1 is 0.968 bits per heavy atom. The number of hydrogen-bond acceptors (Lipinski definition) is 4. The molecule has 2 aliphatic rings. The minimum absolute atomic E-state index is 0.00203. The molecule has 2 aromatic carbocycles. The van der Waals surface area contributed by atoms with Crippen LogP contribution in [0.3, 0.4) is 0 Å². The molecular weight excluding hydrogens is 390 g/mol. The van der Waals surface area contributed by atoms with Gasteiger partial charge in [-0.05, 0) is 50.1 Å². The number of rotatable bonds is 6. The van der Waals surface area contributed by atoms with Crippen molar-refractivity contribution >= 4 is 11.6 Å². The van der Waals surface area contributed by atoms with Crippen molar-refractivity contribution in [3.05, 3.63) is 75.8 Å². The van der Waals surface area contributed by atoms with Gasteiger partial charge in [-0.3, -0.25) is 19.8 Å². The van der Waals surface area contributed by atoms with Gasteiger partial charge in [-0.25, -0.2) is 0 Å². The third kappa shape index (κ3) is 5.50. The summed E-state index contributed by atoms with van der Waals surface area (Å²) >= 11 is 0. The van der Waals surface area contributed by atoms with Gasteiger partial charge in [0, 0.05) is 37.8 Å². The van der Waals surface area contributed by atoms with Crippen molar-refractivity contribution in [2.45, 2.75) is 38.6 Å². The summed E-state index contributed by atoms with van der Waals surface area (Å²) in [6.07, 6.45) is 5.09. The number of nitro benzene ring substituents is 1. The van der Waals surface area contributed by atoms with Crippen molar-refractivity contribution in [2.24, 2.45) is 11.8 Å². The van der Waals surface area contributed by atoms with Crippen LogP contribution < -0.4 is 0 Å². The van der Waals surface area contributed by atoms with Crippen LogP contribution in [0.5, 0.6) is 0 Å². The topological polar surface area (TPSA) is 66.7 Å². The minimum atomic E-state index is -0.318. The quantitative estimate of drug-likeness (QED) is 0.516. The molecule has 2 aromatic rings. The van der Waals surface area contributed by atoms with Crippen molar-refractivity contribution in [2.75, 3.05) is 26.2 Å². The molecule has 0 aromatic heterocycles. The van der Waals surface area contributed by atoms with Crippen molar-refractivity contribution in [3.63, 3.8) is 0 Å². The Balaban J connectivity index is 1.30. The van der Waals surface area contributed by atoms with E-state index in [4.69, 9.17) is 0 Å². The zero-order valence-electron chi connectivity index (χ0n) is 18.0. The first-order chi connectivity index (χ1) is 15.1. The second kappa shape index (κ2) is 10.1. The molecule has 31 heavy (non-hydrogen) atoms. The monoisotopic (exact) mass is 421 g/mol. The molecule has 2 fully saturated rings. The van der Waals surface area contributed by atoms with E-state index in [1.165, 1.54) is 5.56 Å². The van der Waals surface area contributed by atoms with E-state index >= 15 is 0 Å². The van der Waals surface area contributed by atoms with Crippen molar-refractivity contribution in [3.8, 4) is 0 Å². The van der Waals surface area contributed by atoms with Gasteiger partial charge in [0.1, 0.15) is 0 Å². The first kappa shape index (κ1) is 21.5. The van der Waals surface area contributed by atoms with Crippen LogP contribution in [0.4, 0.5) is 5.69 Å². The lowest BCUT2D eigenvalue weighted by molar-refractivity contribution is -0.385. The number of nitrogens with zero attached hydrogens (tertiary/aromatic N) is 3. The number of carbonyl (C=O) groups is 1. The third-order valence-electron chi connectivity index (χ3n) is 6.73. The Bertz CT molecular complexity index is 894. The van der Waals surface area contributed by atoms with Gasteiger partial charge in [-0.15, -0.1) is 0 Å². The Morgan fingerprint density at radius 2 is 1.68 bits per heavy atom. The molecular formula is C25H31N3O3. The molecule has 2 saturated heterocycles. The summed E-state index contributed by atoms with van der Waals surface area (Å²) in [4.78, 5) is 28.4. The van der Waals surface area contributed by atoms with E-state index < -0.39 is 0 Å². The van der Waals surface area contributed by atoms with Crippen LogP contribution in [-0.2, 0) is 17.8 Å². The number of amides is 1. The second-order valence-electron chi connectivity index (χ2n) is 8.92. The summed E-state index contributed by atoms with van der Waals surface area (Å²) in [6.45, 7) is 3.79. The van der Waals surface area contributed by atoms with Gasteiger partial charge in [0.2, 0.25) is 5.91 Å². The lowest BCUT2D eigenvalue weighted by Gasteiger charge is -2.38. The molecule has 0 bridgehead atoms. The normalized spacial score (nSPS) is 20.5. The van der Waals surface area contributed by atoms with E-state index in [2.05, 4.69) is 34.1 Å². The van der Waals surface area contributed by atoms with Crippen molar-refractivity contribution < 1.29 is 9.72 Å². The predicted octanol–water partition coefficient (Wildman–Crippen LogP) is 4.29. The summed E-state index contributed by atoms with van der Waals surface area (Å²) in [5, 5.41) is 11.3. The summed E-state index contributed by atoms with van der Waals surface area (Å²) < 4.78 is 0. The van der Waals surface area contributed by atoms with E-state index in [-0.39, 0.29) is 22.4 Å². The molecule has 1 atom stereocenters. The first-order valence-corrected chi connectivity index (χ1v) is 11.4. The lowest BCUT2D eigenvalue weighted by atomic mass is 9.89. The zero-order valence-corrected chi connectivity index (χ0v) is 18.0. The number of hydrogen-bond donors (Lipinski definition) is 0. The van der Waals surface area contributed by atoms with Gasteiger partial charge in [0.15, 0.2) is 0 Å². The Kier molecular flexibility index (Phi) is 6.97. The maximum atomic E-state index is 13.2. The van der Waals surface area contributed by atoms with E-state index in [0.717, 1.165) is 57.3 Å². The highest BCUT2D eigenvalue weighted by Crippen LogP contribution is 2.27. The third-order valence-corrected chi connectivity index (χ3v) is 6.73. The average molecular weight is 422 g/mol. The van der Waals surface area contributed by atoms with Gasteiger partial charge in [0.05, 0.1) is 10.8 Å². The van der Waals surface area contributed by atoms with Gasteiger partial charge >= 0.3 is 0 Å². The zero-order chi connectivity index (χ0) is 21.6. The molecule has 164 valence electrons. The molecule has 0 N–H and O–H groups in total. The number of para-hydroxylation sites is 1. The molecule has 0 aliphatic carbocycles. The van der Waals surface area contributed by atoms with Gasteiger partial charge in [-0.2, -0.15) is 0 Å². The highest BCUT2D eigenvalue weighted by Gasteiger charge is 2.32. The number of nitro groups is 1. The van der Waals surface area contributed by atoms with Crippen LogP contribution in [-0.4, -0.2) is 46.8 Å². The fourth-order valence-electron chi connectivity index (χ4n) is 5.03. The average Bonchev–Trinajstić information content (AvgIpc) is 2.80. The molecule has 2 heterocycles. The fraction of sp³-hybridized carbons (Fsp3) is 0.480. The number of benzene rings is 2. The first-order valence-electron chi connectivity index (χ1n) is 11.4. The van der Waals surface area contributed by atoms with E-state index in [0.29, 0.717) is 19.0 Å². The van der Waals surface area contributed by atoms with Crippen LogP contribution in [0.2, 0.25) is 0 Å². The Labute approximate surface area is 184 Å². The van der Waals surface area contributed by atoms with Gasteiger partial charge in [-0.1, -0.05) is 48.5 Å². The molecule has 4 rings (SSSR count). The highest BCUT2D eigenvalue weighted by atomic mass is 16.6. The van der Waals surface area contributed by atoms with Gasteiger partial charge < -0.3 is 4.90 Å². The lowest BCUT2D eigenvalue weighted by Crippen LogP contribution is -2.47. The second-order valence-corrected chi connectivity index (χ2v) is 8.92. The van der Waals surface area contributed by atoms with E-state index in [9.17, 15) is 14.9 Å². The van der Waals surface area contributed by atoms with Crippen molar-refractivity contribution in [1.82, 2.24) is 9.80 Å². The van der Waals surface area contributed by atoms with E-state index in [1.54, 1.807) is 12.1 Å². The van der Waals surface area contributed by atoms with Crippen LogP contribution in [0.1, 0.15) is 36.8 Å². The summed E-state index contributed by atoms with van der Waals surface area (Å²) in [5.41, 5.74) is 2.27. The number of piperidine rings is 2. The smallest absolute Gasteiger partial charge is 0.273 e. The number of likely N-dealkylation sites (tertiary alicyclic amines) is 2. The SMILES string of the molecule is O=C(C1CCCN(Cc2ccccc2[N+](=O)[O-])C1)N1CCC(Cc2ccccc2)CC1. The molecule has 1 amide bonds. The fourth-order valence-corrected chi connectivity index (χ4v) is 5.03. The molecule has 1 unspecified atom stereocenters. The predicted molar refractivity (Wildman–Crippen MR) is 121 cm³/mol. The molecule has 2 aliphatic heterocycles. The molecule has 0 spiro atoms. The maximum absolute atomic E-state index is 13.2. The van der Waals surface area contributed by atoms with Crippen LogP contribution >= 0.6 is 0 Å². The van der Waals surface area contributed by atoms with Crippen molar-refractivity contribution in [1.29, 1.82) is 0 Å². The summed E-state index contributed by atoms with van der Waals surface area (Å²) in [5.74, 6) is 0.917. The number of carbonyl (C=O) groups excluding carboxylic acids is 1. The largest absolute Gasteiger partial charge is 0.342 e. The Morgan fingerprint density at radius 3 is 2.42 bits per heavy atom. The minimum Gasteiger partial charge on any atom is -0.342 e. The molecule has 6 heteroatoms. The molecule has 0 radical (unpaired) electrons. The van der Waals surface area contributed by atoms with E-state index in [1.807, 2.05) is 18.2 Å². The van der Waals surface area contributed by atoms with Crippen LogP contribution in [0.15, 0.2) is 54.6 Å². The molecule has 6 nitrogen and oxygen atoms in total. The highest BCUT2D eigenvalue weighted by molar-refractivity contribution is 5.79. The van der Waals surface area contributed by atoms with Crippen LogP contribution in [0.25, 0.3) is 0 Å². The summed E-state index contributed by atoms with van der Waals surface area (Å²) in [6, 6.07) is 17.5. The molecule has 0 saturated carbocycles.